The molecule has 7 heteroatoms. The van der Waals surface area contributed by atoms with Crippen LogP contribution in [-0.4, -0.2) is 10.9 Å². The fourth-order valence-electron chi connectivity index (χ4n) is 2.05. The third kappa shape index (κ3) is 3.47. The highest BCUT2D eigenvalue weighted by molar-refractivity contribution is 6.35. The number of benzene rings is 2. The highest BCUT2D eigenvalue weighted by atomic mass is 35.5. The maximum absolute atomic E-state index is 12.0. The van der Waals surface area contributed by atoms with Crippen molar-refractivity contribution in [3.05, 3.63) is 68.6 Å². The van der Waals surface area contributed by atoms with Crippen molar-refractivity contribution >= 4 is 52.0 Å². The minimum atomic E-state index is -0.579. The minimum Gasteiger partial charge on any atom is -0.408 e. The topological polar surface area (TPSA) is 75.1 Å². The average molecular weight is 349 g/mol. The van der Waals surface area contributed by atoms with Crippen LogP contribution in [0.4, 0.5) is 5.69 Å². The lowest BCUT2D eigenvalue weighted by atomic mass is 10.2. The maximum Gasteiger partial charge on any atom is 0.417 e. The maximum atomic E-state index is 12.0. The van der Waals surface area contributed by atoms with Crippen LogP contribution in [0.25, 0.3) is 17.2 Å². The first-order valence-electron chi connectivity index (χ1n) is 6.59. The van der Waals surface area contributed by atoms with Gasteiger partial charge in [-0.05, 0) is 35.9 Å². The first kappa shape index (κ1) is 15.4. The summed E-state index contributed by atoms with van der Waals surface area (Å²) in [5.74, 6) is -0.948. The van der Waals surface area contributed by atoms with E-state index in [0.29, 0.717) is 32.4 Å². The molecule has 116 valence electrons. The quantitative estimate of drug-likeness (QED) is 0.700. The zero-order chi connectivity index (χ0) is 16.4. The summed E-state index contributed by atoms with van der Waals surface area (Å²) in [7, 11) is 0. The number of aromatic amines is 1. The second-order valence-corrected chi connectivity index (χ2v) is 5.53. The summed E-state index contributed by atoms with van der Waals surface area (Å²) in [6, 6.07) is 9.96. The Kier molecular flexibility index (Phi) is 4.23. The molecule has 1 aromatic heterocycles. The van der Waals surface area contributed by atoms with Crippen molar-refractivity contribution in [1.29, 1.82) is 0 Å². The fourth-order valence-corrected chi connectivity index (χ4v) is 2.52. The summed E-state index contributed by atoms with van der Waals surface area (Å²) < 4.78 is 4.94. The molecule has 0 saturated carbocycles. The van der Waals surface area contributed by atoms with Gasteiger partial charge >= 0.3 is 5.76 Å². The zero-order valence-electron chi connectivity index (χ0n) is 11.6. The van der Waals surface area contributed by atoms with Crippen LogP contribution in [0, 0.1) is 0 Å². The molecule has 3 aromatic rings. The molecular formula is C16H10Cl2N2O3. The molecule has 2 N–H and O–H groups in total. The molecule has 0 fully saturated rings. The van der Waals surface area contributed by atoms with Crippen LogP contribution in [0.2, 0.25) is 10.0 Å². The number of carbonyl (C=O) groups is 1. The normalized spacial score (nSPS) is 11.2. The Balaban J connectivity index is 1.81. The van der Waals surface area contributed by atoms with Gasteiger partial charge in [-0.1, -0.05) is 35.3 Å². The third-order valence-electron chi connectivity index (χ3n) is 3.09. The Labute approximate surface area is 140 Å². The van der Waals surface area contributed by atoms with Gasteiger partial charge in [0.15, 0.2) is 5.58 Å². The fraction of sp³-hybridized carbons (Fsp3) is 0. The molecule has 2 aromatic carbocycles. The molecule has 0 unspecified atom stereocenters. The molecule has 0 spiro atoms. The van der Waals surface area contributed by atoms with E-state index in [4.69, 9.17) is 27.6 Å². The molecule has 0 atom stereocenters. The first-order valence-corrected chi connectivity index (χ1v) is 7.34. The number of para-hydroxylation sites is 1. The van der Waals surface area contributed by atoms with E-state index in [1.54, 1.807) is 42.5 Å². The molecule has 0 saturated heterocycles. The summed E-state index contributed by atoms with van der Waals surface area (Å²) in [6.07, 6.45) is 2.92. The number of aromatic nitrogens is 1. The smallest absolute Gasteiger partial charge is 0.408 e. The highest BCUT2D eigenvalue weighted by Gasteiger charge is 2.08. The van der Waals surface area contributed by atoms with Crippen molar-refractivity contribution in [2.24, 2.45) is 0 Å². The third-order valence-corrected chi connectivity index (χ3v) is 3.65. The molecule has 0 bridgehead atoms. The van der Waals surface area contributed by atoms with Crippen LogP contribution in [0.15, 0.2) is 51.7 Å². The van der Waals surface area contributed by atoms with Crippen molar-refractivity contribution in [3.63, 3.8) is 0 Å². The number of oxazole rings is 1. The summed E-state index contributed by atoms with van der Waals surface area (Å²) in [5.41, 5.74) is 1.92. The summed E-state index contributed by atoms with van der Waals surface area (Å²) in [6.45, 7) is 0. The first-order chi connectivity index (χ1) is 11.0. The Morgan fingerprint density at radius 1 is 1.22 bits per heavy atom. The monoisotopic (exact) mass is 348 g/mol. The lowest BCUT2D eigenvalue weighted by Gasteiger charge is -2.03. The standard InChI is InChI=1S/C16H10Cl2N2O3/c17-10-6-4-9(11(18)8-10)5-7-14(21)19-12-2-1-3-13-15(12)20-16(22)23-13/h1-8H,(H,19,21)(H,20,22)/b7-5+. The van der Waals surface area contributed by atoms with Gasteiger partial charge in [-0.2, -0.15) is 0 Å². The van der Waals surface area contributed by atoms with Gasteiger partial charge in [-0.3, -0.25) is 9.78 Å². The van der Waals surface area contributed by atoms with Gasteiger partial charge in [0, 0.05) is 16.1 Å². The van der Waals surface area contributed by atoms with E-state index in [1.165, 1.54) is 6.08 Å². The van der Waals surface area contributed by atoms with Crippen LogP contribution in [0.3, 0.4) is 0 Å². The van der Waals surface area contributed by atoms with Crippen LogP contribution in [0.5, 0.6) is 0 Å². The highest BCUT2D eigenvalue weighted by Crippen LogP contribution is 2.23. The predicted octanol–water partition coefficient (Wildman–Crippen LogP) is 4.08. The van der Waals surface area contributed by atoms with Crippen molar-refractivity contribution in [2.75, 3.05) is 5.32 Å². The number of H-pyrrole nitrogens is 1. The number of hydrogen-bond acceptors (Lipinski definition) is 3. The van der Waals surface area contributed by atoms with E-state index >= 15 is 0 Å². The second-order valence-electron chi connectivity index (χ2n) is 4.68. The number of rotatable bonds is 3. The lowest BCUT2D eigenvalue weighted by Crippen LogP contribution is -2.08. The molecule has 0 aliphatic heterocycles. The van der Waals surface area contributed by atoms with Crippen molar-refractivity contribution in [3.8, 4) is 0 Å². The molecule has 1 heterocycles. The Morgan fingerprint density at radius 2 is 2.04 bits per heavy atom. The Hall–Kier alpha value is -2.50. The number of hydrogen-bond donors (Lipinski definition) is 2. The van der Waals surface area contributed by atoms with Gasteiger partial charge in [0.25, 0.3) is 0 Å². The van der Waals surface area contributed by atoms with Crippen molar-refractivity contribution in [2.45, 2.75) is 0 Å². The summed E-state index contributed by atoms with van der Waals surface area (Å²) >= 11 is 11.9. The van der Waals surface area contributed by atoms with E-state index in [2.05, 4.69) is 10.3 Å². The van der Waals surface area contributed by atoms with Crippen molar-refractivity contribution < 1.29 is 9.21 Å². The van der Waals surface area contributed by atoms with E-state index in [0.717, 1.165) is 0 Å². The molecule has 0 aliphatic carbocycles. The lowest BCUT2D eigenvalue weighted by molar-refractivity contribution is -0.111. The van der Waals surface area contributed by atoms with E-state index in [-0.39, 0.29) is 5.91 Å². The van der Waals surface area contributed by atoms with E-state index in [1.807, 2.05) is 0 Å². The SMILES string of the molecule is O=C(/C=C/c1ccc(Cl)cc1Cl)Nc1cccc2oc(=O)[nH]c12. The number of nitrogens with one attached hydrogen (secondary N) is 2. The van der Waals surface area contributed by atoms with Crippen LogP contribution in [0.1, 0.15) is 5.56 Å². The van der Waals surface area contributed by atoms with Gasteiger partial charge in [0.2, 0.25) is 5.91 Å². The predicted molar refractivity (Wildman–Crippen MR) is 91.0 cm³/mol. The molecule has 1 amide bonds. The average Bonchev–Trinajstić information content (AvgIpc) is 2.88. The molecule has 0 aliphatic rings. The molecular weight excluding hydrogens is 339 g/mol. The van der Waals surface area contributed by atoms with Crippen LogP contribution in [-0.2, 0) is 4.79 Å². The summed E-state index contributed by atoms with van der Waals surface area (Å²) in [5, 5.41) is 3.64. The number of amides is 1. The summed E-state index contributed by atoms with van der Waals surface area (Å²) in [4.78, 5) is 25.8. The van der Waals surface area contributed by atoms with Crippen LogP contribution < -0.4 is 11.1 Å². The molecule has 0 radical (unpaired) electrons. The van der Waals surface area contributed by atoms with Gasteiger partial charge in [-0.25, -0.2) is 4.79 Å². The van der Waals surface area contributed by atoms with Gasteiger partial charge < -0.3 is 9.73 Å². The van der Waals surface area contributed by atoms with Gasteiger partial charge in [0.05, 0.1) is 5.69 Å². The van der Waals surface area contributed by atoms with E-state index < -0.39 is 5.76 Å². The number of anilines is 1. The molecule has 3 rings (SSSR count). The largest absolute Gasteiger partial charge is 0.417 e. The van der Waals surface area contributed by atoms with Crippen LogP contribution >= 0.6 is 23.2 Å². The molecule has 23 heavy (non-hydrogen) atoms. The Bertz CT molecular complexity index is 973. The number of fused-ring (bicyclic) bond motifs is 1. The number of carbonyl (C=O) groups excluding carboxylic acids is 1. The van der Waals surface area contributed by atoms with E-state index in [9.17, 15) is 9.59 Å². The van der Waals surface area contributed by atoms with Gasteiger partial charge in [0.1, 0.15) is 5.52 Å². The second kappa shape index (κ2) is 6.32. The zero-order valence-corrected chi connectivity index (χ0v) is 13.1. The van der Waals surface area contributed by atoms with Gasteiger partial charge in [-0.15, -0.1) is 0 Å². The molecule has 5 nitrogen and oxygen atoms in total. The van der Waals surface area contributed by atoms with Crippen molar-refractivity contribution in [1.82, 2.24) is 4.98 Å². The minimum absolute atomic E-state index is 0.370. The number of halogens is 2. The Morgan fingerprint density at radius 3 is 2.83 bits per heavy atom.